The molecule has 8 nitrogen and oxygen atoms in total. The van der Waals surface area contributed by atoms with Crippen LogP contribution in [-0.4, -0.2) is 30.6 Å². The average Bonchev–Trinajstić information content (AvgIpc) is 3.30. The van der Waals surface area contributed by atoms with Crippen molar-refractivity contribution in [1.82, 2.24) is 19.8 Å². The number of benzene rings is 1. The molecule has 0 unspecified atom stereocenters. The lowest BCUT2D eigenvalue weighted by atomic mass is 10.1. The van der Waals surface area contributed by atoms with E-state index in [1.165, 1.54) is 19.2 Å². The summed E-state index contributed by atoms with van der Waals surface area (Å²) in [5.74, 6) is 0.325. The Morgan fingerprint density at radius 1 is 1.23 bits per heavy atom. The molecule has 0 saturated carbocycles. The summed E-state index contributed by atoms with van der Waals surface area (Å²) in [6.45, 7) is 0. The van der Waals surface area contributed by atoms with Crippen LogP contribution in [0, 0.1) is 0 Å². The lowest BCUT2D eigenvalue weighted by Crippen LogP contribution is -2.18. The first-order valence-corrected chi connectivity index (χ1v) is 9.59. The SMILES string of the molecule is CNS(=O)(=O)c1cccc(-c2noc(-c3cc4c([nH]c3=O)CCC4)n2)c1. The smallest absolute Gasteiger partial charge is 0.263 e. The first kappa shape index (κ1) is 16.7. The molecule has 1 aromatic carbocycles. The Morgan fingerprint density at radius 3 is 2.88 bits per heavy atom. The number of hydrogen-bond donors (Lipinski definition) is 2. The van der Waals surface area contributed by atoms with Gasteiger partial charge in [0.15, 0.2) is 0 Å². The molecule has 0 bridgehead atoms. The quantitative estimate of drug-likeness (QED) is 0.716. The molecule has 0 saturated heterocycles. The third kappa shape index (κ3) is 2.85. The second-order valence-electron chi connectivity index (χ2n) is 6.03. The highest BCUT2D eigenvalue weighted by atomic mass is 32.2. The predicted octanol–water partition coefficient (Wildman–Crippen LogP) is 1.49. The highest BCUT2D eigenvalue weighted by Gasteiger charge is 2.20. The molecule has 0 fully saturated rings. The minimum absolute atomic E-state index is 0.0965. The van der Waals surface area contributed by atoms with Gasteiger partial charge in [0.2, 0.25) is 15.8 Å². The van der Waals surface area contributed by atoms with Crippen LogP contribution < -0.4 is 10.3 Å². The summed E-state index contributed by atoms with van der Waals surface area (Å²) in [5, 5.41) is 3.89. The molecule has 0 atom stereocenters. The van der Waals surface area contributed by atoms with Crippen molar-refractivity contribution in [3.63, 3.8) is 0 Å². The zero-order valence-electron chi connectivity index (χ0n) is 13.9. The number of rotatable bonds is 4. The fourth-order valence-electron chi connectivity index (χ4n) is 3.04. The number of aromatic amines is 1. The third-order valence-corrected chi connectivity index (χ3v) is 5.83. The van der Waals surface area contributed by atoms with Gasteiger partial charge in [-0.1, -0.05) is 17.3 Å². The molecule has 2 N–H and O–H groups in total. The Morgan fingerprint density at radius 2 is 2.08 bits per heavy atom. The van der Waals surface area contributed by atoms with E-state index in [0.29, 0.717) is 11.1 Å². The Bertz CT molecular complexity index is 1150. The van der Waals surface area contributed by atoms with Gasteiger partial charge >= 0.3 is 0 Å². The maximum Gasteiger partial charge on any atom is 0.263 e. The van der Waals surface area contributed by atoms with Crippen molar-refractivity contribution in [3.8, 4) is 22.8 Å². The largest absolute Gasteiger partial charge is 0.333 e. The number of sulfonamides is 1. The first-order valence-electron chi connectivity index (χ1n) is 8.11. The van der Waals surface area contributed by atoms with Gasteiger partial charge in [0.25, 0.3) is 11.4 Å². The van der Waals surface area contributed by atoms with E-state index in [1.807, 2.05) is 0 Å². The number of hydrogen-bond acceptors (Lipinski definition) is 6. The summed E-state index contributed by atoms with van der Waals surface area (Å²) in [5.41, 5.74) is 2.58. The van der Waals surface area contributed by atoms with E-state index in [0.717, 1.165) is 30.5 Å². The summed E-state index contributed by atoms with van der Waals surface area (Å²) in [6.07, 6.45) is 2.78. The second kappa shape index (κ2) is 6.19. The van der Waals surface area contributed by atoms with Gasteiger partial charge < -0.3 is 9.51 Å². The Kier molecular flexibility index (Phi) is 3.97. The number of pyridine rings is 1. The van der Waals surface area contributed by atoms with Gasteiger partial charge in [-0.2, -0.15) is 4.98 Å². The van der Waals surface area contributed by atoms with Crippen molar-refractivity contribution in [3.05, 3.63) is 51.9 Å². The highest BCUT2D eigenvalue weighted by Crippen LogP contribution is 2.25. The molecule has 0 radical (unpaired) electrons. The average molecular weight is 372 g/mol. The normalized spacial score (nSPS) is 13.7. The molecule has 0 amide bonds. The first-order chi connectivity index (χ1) is 12.5. The maximum atomic E-state index is 12.3. The number of aromatic nitrogens is 3. The monoisotopic (exact) mass is 372 g/mol. The van der Waals surface area contributed by atoms with Crippen LogP contribution in [0.25, 0.3) is 22.8 Å². The Hall–Kier alpha value is -2.78. The molecule has 4 rings (SSSR count). The van der Waals surface area contributed by atoms with Crippen LogP contribution in [0.3, 0.4) is 0 Å². The number of nitrogens with zero attached hydrogens (tertiary/aromatic N) is 2. The van der Waals surface area contributed by atoms with E-state index in [9.17, 15) is 13.2 Å². The third-order valence-electron chi connectivity index (χ3n) is 4.42. The van der Waals surface area contributed by atoms with Crippen molar-refractivity contribution in [2.24, 2.45) is 0 Å². The van der Waals surface area contributed by atoms with Gasteiger partial charge in [0.1, 0.15) is 5.56 Å². The lowest BCUT2D eigenvalue weighted by Gasteiger charge is -2.03. The van der Waals surface area contributed by atoms with Gasteiger partial charge in [0, 0.05) is 11.3 Å². The predicted molar refractivity (Wildman–Crippen MR) is 94.1 cm³/mol. The van der Waals surface area contributed by atoms with Crippen molar-refractivity contribution in [2.75, 3.05) is 7.05 Å². The molecule has 2 heterocycles. The number of H-pyrrole nitrogens is 1. The van der Waals surface area contributed by atoms with Gasteiger partial charge in [-0.05, 0) is 50.1 Å². The van der Waals surface area contributed by atoms with E-state index in [1.54, 1.807) is 18.2 Å². The summed E-state index contributed by atoms with van der Waals surface area (Å²) < 4.78 is 31.4. The van der Waals surface area contributed by atoms with Crippen molar-refractivity contribution in [1.29, 1.82) is 0 Å². The van der Waals surface area contributed by atoms with Crippen molar-refractivity contribution in [2.45, 2.75) is 24.2 Å². The molecule has 3 aromatic rings. The fourth-order valence-corrected chi connectivity index (χ4v) is 3.82. The zero-order valence-corrected chi connectivity index (χ0v) is 14.8. The second-order valence-corrected chi connectivity index (χ2v) is 7.91. The van der Waals surface area contributed by atoms with Crippen molar-refractivity contribution >= 4 is 10.0 Å². The van der Waals surface area contributed by atoms with Crippen LogP contribution in [0.4, 0.5) is 0 Å². The van der Waals surface area contributed by atoms with E-state index >= 15 is 0 Å². The van der Waals surface area contributed by atoms with E-state index in [-0.39, 0.29) is 22.2 Å². The van der Waals surface area contributed by atoms with Gasteiger partial charge in [0.05, 0.1) is 4.90 Å². The van der Waals surface area contributed by atoms with Crippen LogP contribution in [0.5, 0.6) is 0 Å². The van der Waals surface area contributed by atoms with E-state index < -0.39 is 10.0 Å². The molecule has 1 aliphatic rings. The number of aryl methyl sites for hydroxylation is 2. The molecule has 26 heavy (non-hydrogen) atoms. The van der Waals surface area contributed by atoms with Gasteiger partial charge in [-0.25, -0.2) is 13.1 Å². The fraction of sp³-hybridized carbons (Fsp3) is 0.235. The molecule has 2 aromatic heterocycles. The maximum absolute atomic E-state index is 12.3. The lowest BCUT2D eigenvalue weighted by molar-refractivity contribution is 0.432. The minimum atomic E-state index is -3.58. The van der Waals surface area contributed by atoms with E-state index in [4.69, 9.17) is 4.52 Å². The molecule has 0 aliphatic heterocycles. The molecule has 1 aliphatic carbocycles. The standard InChI is InChI=1S/C17H16N4O4S/c1-18-26(23,24)12-6-2-5-11(8-12)15-20-17(25-21-15)13-9-10-4-3-7-14(10)19-16(13)22/h2,5-6,8-9,18H,3-4,7H2,1H3,(H,19,22). The molecular weight excluding hydrogens is 356 g/mol. The molecule has 134 valence electrons. The van der Waals surface area contributed by atoms with Crippen LogP contribution in [-0.2, 0) is 22.9 Å². The minimum Gasteiger partial charge on any atom is -0.333 e. The van der Waals surface area contributed by atoms with Crippen LogP contribution >= 0.6 is 0 Å². The van der Waals surface area contributed by atoms with Crippen LogP contribution in [0.2, 0.25) is 0 Å². The van der Waals surface area contributed by atoms with Crippen LogP contribution in [0.15, 0.2) is 44.5 Å². The summed E-state index contributed by atoms with van der Waals surface area (Å²) in [7, 11) is -2.24. The summed E-state index contributed by atoms with van der Waals surface area (Å²) in [4.78, 5) is 19.5. The number of nitrogens with one attached hydrogen (secondary N) is 2. The van der Waals surface area contributed by atoms with Gasteiger partial charge in [-0.3, -0.25) is 4.79 Å². The number of fused-ring (bicyclic) bond motifs is 1. The Balaban J connectivity index is 1.74. The molecule has 9 heteroatoms. The highest BCUT2D eigenvalue weighted by molar-refractivity contribution is 7.89. The van der Waals surface area contributed by atoms with Crippen molar-refractivity contribution < 1.29 is 12.9 Å². The Labute approximate surface area is 149 Å². The zero-order chi connectivity index (χ0) is 18.3. The van der Waals surface area contributed by atoms with Crippen LogP contribution in [0.1, 0.15) is 17.7 Å². The molecule has 0 spiro atoms. The van der Waals surface area contributed by atoms with Gasteiger partial charge in [-0.15, -0.1) is 0 Å². The summed E-state index contributed by atoms with van der Waals surface area (Å²) >= 11 is 0. The summed E-state index contributed by atoms with van der Waals surface area (Å²) in [6, 6.07) is 7.99. The topological polar surface area (TPSA) is 118 Å². The van der Waals surface area contributed by atoms with E-state index in [2.05, 4.69) is 19.8 Å². The molecular formula is C17H16N4O4S.